The minimum absolute atomic E-state index is 0.0164. The number of nitrogens with zero attached hydrogens (tertiary/aromatic N) is 1. The summed E-state index contributed by atoms with van der Waals surface area (Å²) in [4.78, 5) is 2.62. The Morgan fingerprint density at radius 1 is 0.557 bits per heavy atom. The number of hydrogen-bond acceptors (Lipinski definition) is 2. The molecule has 7 aromatic rings. The van der Waals surface area contributed by atoms with Gasteiger partial charge in [-0.15, -0.1) is 0 Å². The van der Waals surface area contributed by atoms with E-state index in [-0.39, 0.29) is 28.8 Å². The summed E-state index contributed by atoms with van der Waals surface area (Å²) in [5.74, 6) is 2.12. The molecule has 0 saturated carbocycles. The fourth-order valence-corrected chi connectivity index (χ4v) is 13.9. The van der Waals surface area contributed by atoms with Crippen LogP contribution in [0.1, 0.15) is 85.9 Å². The number of benzene rings is 7. The van der Waals surface area contributed by atoms with E-state index in [1.165, 1.54) is 94.8 Å². The molecule has 70 heavy (non-hydrogen) atoms. The lowest BCUT2D eigenvalue weighted by Crippen LogP contribution is -2.34. The van der Waals surface area contributed by atoms with E-state index in [1.807, 2.05) is 0 Å². The third-order valence-corrected chi connectivity index (χ3v) is 17.3. The summed E-state index contributed by atoms with van der Waals surface area (Å²) in [6, 6.07) is 60.6. The fourth-order valence-electron chi connectivity index (χ4n) is 13.9. The Morgan fingerprint density at radius 2 is 1.20 bits per heavy atom. The number of fused-ring (bicyclic) bond motifs is 16. The van der Waals surface area contributed by atoms with Crippen molar-refractivity contribution in [3.63, 3.8) is 0 Å². The molecule has 1 heterocycles. The lowest BCUT2D eigenvalue weighted by molar-refractivity contribution is 0.184. The molecule has 7 aliphatic rings. The molecule has 6 aliphatic carbocycles. The minimum atomic E-state index is -0.419. The highest BCUT2D eigenvalue weighted by Gasteiger charge is 2.59. The Bertz CT molecular complexity index is 3480. The SMILES string of the molecule is CC(C)(C)C1=CC2C(C=C1)c1c(N(c3ccc(C4=CC=C5OC6C=CC=CC6C5C4)cc3)c3ccc4c(c3)C(C)(C)c3ccccc3-4)cc(-c3ccccc3)cc1C21c2ccccc2-c2ccccc21. The standard InChI is InChI=1S/C68H57NO/c1-66(2,3)46-30-34-54-60(40-46)68(57-24-14-10-20-50(57)51-21-11-15-25-58(51)68)61-38-45(42-17-7-6-8-18-42)39-62(65(54)61)69(48-33-35-52-49-19-9-13-23-56(49)67(4,5)59(52)41-48)47-31-27-43(28-32-47)44-29-36-64-55(37-44)53-22-12-16-26-63(53)70-64/h6-36,38-41,53-55,60,63H,37H2,1-5H3. The number of rotatable bonds is 5. The molecule has 5 unspecified atom stereocenters. The van der Waals surface area contributed by atoms with Gasteiger partial charge in [0.15, 0.2) is 0 Å². The summed E-state index contributed by atoms with van der Waals surface area (Å²) in [5.41, 5.74) is 23.2. The predicted octanol–water partition coefficient (Wildman–Crippen LogP) is 17.1. The molecule has 340 valence electrons. The first-order chi connectivity index (χ1) is 34.1. The fraction of sp³-hybridized carbons (Fsp3) is 0.206. The van der Waals surface area contributed by atoms with Crippen LogP contribution in [0.25, 0.3) is 39.0 Å². The highest BCUT2D eigenvalue weighted by Crippen LogP contribution is 2.68. The highest BCUT2D eigenvalue weighted by molar-refractivity contribution is 5.93. The lowest BCUT2D eigenvalue weighted by Gasteiger charge is -2.38. The molecule has 1 aliphatic heterocycles. The largest absolute Gasteiger partial charge is 0.490 e. The van der Waals surface area contributed by atoms with Crippen LogP contribution in [0.15, 0.2) is 224 Å². The molecule has 0 aromatic heterocycles. The van der Waals surface area contributed by atoms with Crippen LogP contribution >= 0.6 is 0 Å². The minimum Gasteiger partial charge on any atom is -0.490 e. The first-order valence-corrected chi connectivity index (χ1v) is 25.5. The van der Waals surface area contributed by atoms with Crippen LogP contribution in [0.3, 0.4) is 0 Å². The molecule has 14 rings (SSSR count). The summed E-state index contributed by atoms with van der Waals surface area (Å²) in [5, 5.41) is 0. The normalized spacial score (nSPS) is 22.9. The first kappa shape index (κ1) is 41.5. The average Bonchev–Trinajstić information content (AvgIpc) is 4.08. The topological polar surface area (TPSA) is 12.5 Å². The van der Waals surface area contributed by atoms with Crippen molar-refractivity contribution in [3.8, 4) is 33.4 Å². The maximum Gasteiger partial charge on any atom is 0.124 e. The number of hydrogen-bond donors (Lipinski definition) is 0. The molecule has 7 aromatic carbocycles. The quantitative estimate of drug-likeness (QED) is 0.171. The molecule has 5 atom stereocenters. The zero-order valence-corrected chi connectivity index (χ0v) is 40.7. The Hall–Kier alpha value is -7.42. The second-order valence-electron chi connectivity index (χ2n) is 22.3. The van der Waals surface area contributed by atoms with E-state index in [1.54, 1.807) is 0 Å². The summed E-state index contributed by atoms with van der Waals surface area (Å²) in [6.07, 6.45) is 22.2. The smallest absolute Gasteiger partial charge is 0.124 e. The molecule has 0 amide bonds. The van der Waals surface area contributed by atoms with E-state index in [0.717, 1.165) is 17.9 Å². The third kappa shape index (κ3) is 5.86. The molecule has 1 fully saturated rings. The first-order valence-electron chi connectivity index (χ1n) is 25.5. The van der Waals surface area contributed by atoms with Crippen LogP contribution in [-0.2, 0) is 15.6 Å². The summed E-state index contributed by atoms with van der Waals surface area (Å²) in [6.45, 7) is 11.9. The molecule has 0 radical (unpaired) electrons. The van der Waals surface area contributed by atoms with Gasteiger partial charge < -0.3 is 9.64 Å². The molecule has 2 nitrogen and oxygen atoms in total. The van der Waals surface area contributed by atoms with Gasteiger partial charge in [-0.2, -0.15) is 0 Å². The van der Waals surface area contributed by atoms with Crippen molar-refractivity contribution in [3.05, 3.63) is 263 Å². The Kier molecular flexibility index (Phi) is 8.93. The molecule has 0 bridgehead atoms. The van der Waals surface area contributed by atoms with Gasteiger partial charge in [0.05, 0.1) is 11.1 Å². The highest BCUT2D eigenvalue weighted by atomic mass is 16.5. The van der Waals surface area contributed by atoms with Crippen molar-refractivity contribution in [2.24, 2.45) is 23.2 Å². The van der Waals surface area contributed by atoms with Crippen molar-refractivity contribution < 1.29 is 4.74 Å². The van der Waals surface area contributed by atoms with E-state index in [2.05, 4.69) is 252 Å². The van der Waals surface area contributed by atoms with Gasteiger partial charge >= 0.3 is 0 Å². The summed E-state index contributed by atoms with van der Waals surface area (Å²) in [7, 11) is 0. The molecule has 1 spiro atoms. The lowest BCUT2D eigenvalue weighted by atomic mass is 9.63. The Labute approximate surface area is 413 Å². The Balaban J connectivity index is 1.02. The van der Waals surface area contributed by atoms with Gasteiger partial charge in [0.2, 0.25) is 0 Å². The summed E-state index contributed by atoms with van der Waals surface area (Å²) < 4.78 is 6.44. The van der Waals surface area contributed by atoms with Crippen LogP contribution in [0.5, 0.6) is 0 Å². The van der Waals surface area contributed by atoms with E-state index in [9.17, 15) is 0 Å². The van der Waals surface area contributed by atoms with E-state index in [0.29, 0.717) is 11.8 Å². The van der Waals surface area contributed by atoms with Crippen LogP contribution in [0.2, 0.25) is 0 Å². The predicted molar refractivity (Wildman–Crippen MR) is 290 cm³/mol. The van der Waals surface area contributed by atoms with Gasteiger partial charge in [-0.3, -0.25) is 0 Å². The van der Waals surface area contributed by atoms with Gasteiger partial charge in [-0.25, -0.2) is 0 Å². The van der Waals surface area contributed by atoms with Gasteiger partial charge in [-0.1, -0.05) is 198 Å². The van der Waals surface area contributed by atoms with Crippen molar-refractivity contribution in [1.82, 2.24) is 0 Å². The molecule has 0 N–H and O–H groups in total. The van der Waals surface area contributed by atoms with Gasteiger partial charge in [0.1, 0.15) is 11.9 Å². The zero-order chi connectivity index (χ0) is 47.1. The Morgan fingerprint density at radius 3 is 1.93 bits per heavy atom. The number of allylic oxidation sites excluding steroid dienone is 10. The van der Waals surface area contributed by atoms with Crippen LogP contribution < -0.4 is 4.90 Å². The van der Waals surface area contributed by atoms with Crippen molar-refractivity contribution >= 4 is 22.6 Å². The van der Waals surface area contributed by atoms with Crippen molar-refractivity contribution in [2.45, 2.75) is 63.9 Å². The van der Waals surface area contributed by atoms with E-state index < -0.39 is 5.41 Å². The third-order valence-electron chi connectivity index (χ3n) is 17.3. The van der Waals surface area contributed by atoms with Crippen LogP contribution in [0.4, 0.5) is 17.1 Å². The molecule has 2 heteroatoms. The zero-order valence-electron chi connectivity index (χ0n) is 40.7. The second-order valence-corrected chi connectivity index (χ2v) is 22.3. The monoisotopic (exact) mass is 903 g/mol. The van der Waals surface area contributed by atoms with E-state index >= 15 is 0 Å². The maximum atomic E-state index is 6.44. The molecule has 1 saturated heterocycles. The van der Waals surface area contributed by atoms with Gasteiger partial charge in [-0.05, 0) is 144 Å². The summed E-state index contributed by atoms with van der Waals surface area (Å²) >= 11 is 0. The van der Waals surface area contributed by atoms with Crippen LogP contribution in [0, 0.1) is 23.2 Å². The molecular weight excluding hydrogens is 847 g/mol. The molecular formula is C68H57NO. The average molecular weight is 904 g/mol. The number of ether oxygens (including phenoxy) is 1. The van der Waals surface area contributed by atoms with Gasteiger partial charge in [0, 0.05) is 40.5 Å². The van der Waals surface area contributed by atoms with Gasteiger partial charge in [0.25, 0.3) is 0 Å². The maximum absolute atomic E-state index is 6.44. The van der Waals surface area contributed by atoms with Crippen LogP contribution in [-0.4, -0.2) is 6.10 Å². The number of anilines is 3. The van der Waals surface area contributed by atoms with Crippen molar-refractivity contribution in [1.29, 1.82) is 0 Å². The van der Waals surface area contributed by atoms with E-state index in [4.69, 9.17) is 4.74 Å². The van der Waals surface area contributed by atoms with Crippen molar-refractivity contribution in [2.75, 3.05) is 4.90 Å². The second kappa shape index (κ2) is 15.0.